The van der Waals surface area contributed by atoms with Crippen LogP contribution in [0.25, 0.3) is 12.2 Å². The lowest BCUT2D eigenvalue weighted by molar-refractivity contribution is -0.138. The molecule has 0 aromatic heterocycles. The molecule has 2 aromatic carbocycles. The van der Waals surface area contributed by atoms with E-state index in [2.05, 4.69) is 26.8 Å². The van der Waals surface area contributed by atoms with E-state index in [1.807, 2.05) is 38.1 Å². The van der Waals surface area contributed by atoms with Gasteiger partial charge in [-0.15, -0.1) is 0 Å². The maximum absolute atomic E-state index is 10.8. The molecule has 5 nitrogen and oxygen atoms in total. The number of allylic oxidation sites excluding steroid dienone is 2. The zero-order valence-corrected chi connectivity index (χ0v) is 21.7. The first kappa shape index (κ1) is 25.2. The van der Waals surface area contributed by atoms with Crippen molar-refractivity contribution in [3.05, 3.63) is 58.2 Å². The van der Waals surface area contributed by atoms with Gasteiger partial charge in [-0.2, -0.15) is 0 Å². The molecule has 0 saturated heterocycles. The summed E-state index contributed by atoms with van der Waals surface area (Å²) in [6, 6.07) is 7.39. The second-order valence-corrected chi connectivity index (χ2v) is 11.1. The van der Waals surface area contributed by atoms with Crippen molar-refractivity contribution < 1.29 is 24.8 Å². The number of aromatic hydroxyl groups is 2. The number of hydrogen-bond acceptors (Lipinski definition) is 5. The van der Waals surface area contributed by atoms with Crippen LogP contribution >= 0.6 is 0 Å². The molecular formula is C30H38O5. The number of rotatable bonds is 5. The molecule has 188 valence electrons. The Morgan fingerprint density at radius 2 is 1.71 bits per heavy atom. The molecule has 3 N–H and O–H groups in total. The van der Waals surface area contributed by atoms with Gasteiger partial charge in [0.1, 0.15) is 17.1 Å². The Labute approximate surface area is 208 Å². The first-order valence-corrected chi connectivity index (χ1v) is 12.4. The zero-order valence-electron chi connectivity index (χ0n) is 21.7. The first-order chi connectivity index (χ1) is 16.4. The highest BCUT2D eigenvalue weighted by Gasteiger charge is 2.54. The lowest BCUT2D eigenvalue weighted by atomic mass is 9.57. The molecule has 3 atom stereocenters. The Balaban J connectivity index is 1.64. The van der Waals surface area contributed by atoms with Gasteiger partial charge in [-0.05, 0) is 92.8 Å². The number of phenols is 2. The minimum Gasteiger partial charge on any atom is -0.507 e. The number of phenolic OH excluding ortho intramolecular Hbond substituents is 2. The van der Waals surface area contributed by atoms with E-state index in [0.29, 0.717) is 24.3 Å². The van der Waals surface area contributed by atoms with Crippen molar-refractivity contribution in [1.29, 1.82) is 0 Å². The summed E-state index contributed by atoms with van der Waals surface area (Å²) in [5.74, 6) is 1.65. The topological polar surface area (TPSA) is 79.2 Å². The highest BCUT2D eigenvalue weighted by Crippen LogP contribution is 2.54. The number of ether oxygens (including phenoxy) is 2. The molecule has 0 bridgehead atoms. The largest absolute Gasteiger partial charge is 0.507 e. The zero-order chi connectivity index (χ0) is 25.5. The van der Waals surface area contributed by atoms with Crippen LogP contribution in [-0.2, 0) is 12.8 Å². The Kier molecular flexibility index (Phi) is 6.67. The van der Waals surface area contributed by atoms with Crippen molar-refractivity contribution in [2.45, 2.75) is 72.0 Å². The maximum atomic E-state index is 10.8. The van der Waals surface area contributed by atoms with Crippen LogP contribution < -0.4 is 9.47 Å². The molecule has 1 aliphatic heterocycles. The van der Waals surface area contributed by atoms with E-state index in [9.17, 15) is 15.3 Å². The van der Waals surface area contributed by atoms with E-state index < -0.39 is 5.60 Å². The predicted octanol–water partition coefficient (Wildman–Crippen LogP) is 6.28. The van der Waals surface area contributed by atoms with Gasteiger partial charge in [0.25, 0.3) is 0 Å². The van der Waals surface area contributed by atoms with Crippen LogP contribution in [0.3, 0.4) is 0 Å². The van der Waals surface area contributed by atoms with Gasteiger partial charge in [-0.3, -0.25) is 0 Å². The van der Waals surface area contributed by atoms with E-state index in [0.717, 1.165) is 35.1 Å². The molecule has 4 rings (SSSR count). The third kappa shape index (κ3) is 4.79. The number of fused-ring (bicyclic) bond motifs is 2. The van der Waals surface area contributed by atoms with Crippen LogP contribution in [0.15, 0.2) is 35.9 Å². The molecule has 1 saturated carbocycles. The van der Waals surface area contributed by atoms with Crippen LogP contribution in [0, 0.1) is 11.3 Å². The third-order valence-corrected chi connectivity index (χ3v) is 7.95. The van der Waals surface area contributed by atoms with E-state index >= 15 is 0 Å². The molecule has 2 aromatic rings. The highest BCUT2D eigenvalue weighted by atomic mass is 16.5. The van der Waals surface area contributed by atoms with Crippen LogP contribution in [0.4, 0.5) is 0 Å². The third-order valence-electron chi connectivity index (χ3n) is 7.95. The average molecular weight is 479 g/mol. The number of benzene rings is 2. The van der Waals surface area contributed by atoms with Crippen molar-refractivity contribution in [2.24, 2.45) is 11.3 Å². The minimum absolute atomic E-state index is 0.128. The van der Waals surface area contributed by atoms with Crippen molar-refractivity contribution in [3.8, 4) is 23.0 Å². The van der Waals surface area contributed by atoms with E-state index in [4.69, 9.17) is 9.47 Å². The molecular weight excluding hydrogens is 440 g/mol. The predicted molar refractivity (Wildman–Crippen MR) is 140 cm³/mol. The van der Waals surface area contributed by atoms with Crippen molar-refractivity contribution >= 4 is 12.2 Å². The van der Waals surface area contributed by atoms with Gasteiger partial charge in [-0.1, -0.05) is 37.6 Å². The number of aliphatic hydroxyl groups is 1. The van der Waals surface area contributed by atoms with Gasteiger partial charge in [0, 0.05) is 11.5 Å². The Bertz CT molecular complexity index is 1170. The fraction of sp³-hybridized carbons (Fsp3) is 0.467. The molecule has 2 aliphatic rings. The molecule has 1 heterocycles. The molecule has 1 aliphatic carbocycles. The summed E-state index contributed by atoms with van der Waals surface area (Å²) in [6.07, 6.45) is 8.30. The van der Waals surface area contributed by atoms with Crippen molar-refractivity contribution in [3.63, 3.8) is 0 Å². The normalized spacial score (nSPS) is 24.9. The van der Waals surface area contributed by atoms with Gasteiger partial charge in [0.2, 0.25) is 0 Å². The van der Waals surface area contributed by atoms with E-state index in [1.54, 1.807) is 19.2 Å². The van der Waals surface area contributed by atoms with Crippen LogP contribution in [-0.4, -0.2) is 34.1 Å². The molecule has 0 spiro atoms. The SMILES string of the molecule is COc1cc(/C=C/c2cc(O)c3c(c2)C[C@@H]2C(C)(C)[C@H](O)CC[C@@]2(C)O3)cc(O)c1CC=C(C)C. The Morgan fingerprint density at radius 3 is 2.37 bits per heavy atom. The maximum Gasteiger partial charge on any atom is 0.164 e. The Morgan fingerprint density at radius 1 is 1.06 bits per heavy atom. The fourth-order valence-electron chi connectivity index (χ4n) is 5.74. The molecule has 35 heavy (non-hydrogen) atoms. The van der Waals surface area contributed by atoms with Gasteiger partial charge in [-0.25, -0.2) is 0 Å². The van der Waals surface area contributed by atoms with Crippen molar-refractivity contribution in [2.75, 3.05) is 7.11 Å². The molecule has 5 heteroatoms. The van der Waals surface area contributed by atoms with Gasteiger partial charge in [0.15, 0.2) is 11.5 Å². The standard InChI is InChI=1S/C30H38O5/c1-18(2)7-10-22-23(31)14-20(16-25(22)34-6)9-8-19-13-21-17-26-29(3,4)27(33)11-12-30(26,5)35-28(21)24(32)15-19/h7-9,13-16,26-27,31-33H,10-12,17H2,1-6H3/b9-8+/t26-,27-,30-/m1/s1. The average Bonchev–Trinajstić information content (AvgIpc) is 2.79. The molecule has 0 amide bonds. The first-order valence-electron chi connectivity index (χ1n) is 12.4. The summed E-state index contributed by atoms with van der Waals surface area (Å²) in [5.41, 5.74) is 3.84. The number of hydrogen-bond donors (Lipinski definition) is 3. The number of aliphatic hydroxyl groups excluding tert-OH is 1. The van der Waals surface area contributed by atoms with Crippen molar-refractivity contribution in [1.82, 2.24) is 0 Å². The lowest BCUT2D eigenvalue weighted by Gasteiger charge is -2.55. The van der Waals surface area contributed by atoms with Gasteiger partial charge >= 0.3 is 0 Å². The lowest BCUT2D eigenvalue weighted by Crippen LogP contribution is -2.58. The molecule has 0 unspecified atom stereocenters. The summed E-state index contributed by atoms with van der Waals surface area (Å²) in [7, 11) is 1.60. The number of methoxy groups -OCH3 is 1. The van der Waals surface area contributed by atoms with E-state index in [1.165, 1.54) is 5.57 Å². The summed E-state index contributed by atoms with van der Waals surface area (Å²) in [4.78, 5) is 0. The van der Waals surface area contributed by atoms with Gasteiger partial charge in [0.05, 0.1) is 13.2 Å². The monoisotopic (exact) mass is 478 g/mol. The smallest absolute Gasteiger partial charge is 0.164 e. The fourth-order valence-corrected chi connectivity index (χ4v) is 5.74. The van der Waals surface area contributed by atoms with Crippen LogP contribution in [0.5, 0.6) is 23.0 Å². The van der Waals surface area contributed by atoms with Gasteiger partial charge < -0.3 is 24.8 Å². The summed E-state index contributed by atoms with van der Waals surface area (Å²) in [5, 5.41) is 32.1. The summed E-state index contributed by atoms with van der Waals surface area (Å²) < 4.78 is 11.9. The van der Waals surface area contributed by atoms with Crippen LogP contribution in [0.1, 0.15) is 69.7 Å². The van der Waals surface area contributed by atoms with E-state index in [-0.39, 0.29) is 28.9 Å². The highest BCUT2D eigenvalue weighted by molar-refractivity contribution is 5.73. The quantitative estimate of drug-likeness (QED) is 0.348. The summed E-state index contributed by atoms with van der Waals surface area (Å²) in [6.45, 7) is 10.4. The summed E-state index contributed by atoms with van der Waals surface area (Å²) >= 11 is 0. The minimum atomic E-state index is -0.411. The molecule has 1 fully saturated rings. The Hall–Kier alpha value is -2.92. The molecule has 0 radical (unpaired) electrons. The second kappa shape index (κ2) is 9.27. The second-order valence-electron chi connectivity index (χ2n) is 11.1. The van der Waals surface area contributed by atoms with Crippen LogP contribution in [0.2, 0.25) is 0 Å².